The third-order valence-corrected chi connectivity index (χ3v) is 4.70. The minimum absolute atomic E-state index is 0.196. The van der Waals surface area contributed by atoms with Gasteiger partial charge in [0.05, 0.1) is 21.9 Å². The molecule has 1 aromatic heterocycles. The number of nitrogens with one attached hydrogen (secondary N) is 1. The van der Waals surface area contributed by atoms with Gasteiger partial charge >= 0.3 is 0 Å². The SMILES string of the molecule is CC(=O)N1C(=O)/C(=C(\Nc2ccncc2)c2ccccc2)c2ccc([N+](=O)[O-])cc21. The molecule has 1 aliphatic rings. The minimum atomic E-state index is -0.557. The van der Waals surface area contributed by atoms with E-state index in [0.29, 0.717) is 16.9 Å². The van der Waals surface area contributed by atoms with E-state index in [1.165, 1.54) is 25.1 Å². The third-order valence-electron chi connectivity index (χ3n) is 4.70. The summed E-state index contributed by atoms with van der Waals surface area (Å²) in [6, 6.07) is 16.8. The summed E-state index contributed by atoms with van der Waals surface area (Å²) in [5.41, 5.74) is 2.63. The van der Waals surface area contributed by atoms with Crippen molar-refractivity contribution in [3.63, 3.8) is 0 Å². The lowest BCUT2D eigenvalue weighted by molar-refractivity contribution is -0.384. The number of hydrogen-bond acceptors (Lipinski definition) is 6. The molecule has 0 aliphatic carbocycles. The smallest absolute Gasteiger partial charge is 0.271 e. The largest absolute Gasteiger partial charge is 0.354 e. The summed E-state index contributed by atoms with van der Waals surface area (Å²) in [7, 11) is 0. The Bertz CT molecular complexity index is 1190. The van der Waals surface area contributed by atoms with Crippen LogP contribution in [0.1, 0.15) is 18.1 Å². The molecule has 0 atom stereocenters. The van der Waals surface area contributed by atoms with Gasteiger partial charge in [0.2, 0.25) is 5.91 Å². The number of non-ortho nitro benzene ring substituents is 1. The van der Waals surface area contributed by atoms with Crippen molar-refractivity contribution in [3.05, 3.63) is 94.3 Å². The molecule has 1 N–H and O–H groups in total. The Balaban J connectivity index is 1.98. The van der Waals surface area contributed by atoms with Crippen LogP contribution in [0.25, 0.3) is 11.3 Å². The Kier molecular flexibility index (Phi) is 4.81. The molecule has 148 valence electrons. The summed E-state index contributed by atoms with van der Waals surface area (Å²) in [5.74, 6) is -1.06. The number of nitro groups is 1. The van der Waals surface area contributed by atoms with Crippen LogP contribution in [0, 0.1) is 10.1 Å². The van der Waals surface area contributed by atoms with Crippen LogP contribution < -0.4 is 10.2 Å². The second-order valence-corrected chi connectivity index (χ2v) is 6.60. The van der Waals surface area contributed by atoms with Gasteiger partial charge in [-0.3, -0.25) is 24.7 Å². The van der Waals surface area contributed by atoms with Crippen LogP contribution in [0.4, 0.5) is 17.1 Å². The van der Waals surface area contributed by atoms with E-state index in [-0.39, 0.29) is 16.9 Å². The molecular formula is C22H16N4O4. The van der Waals surface area contributed by atoms with E-state index in [9.17, 15) is 19.7 Å². The molecule has 8 nitrogen and oxygen atoms in total. The third kappa shape index (κ3) is 3.30. The number of fused-ring (bicyclic) bond motifs is 1. The van der Waals surface area contributed by atoms with Gasteiger partial charge < -0.3 is 5.32 Å². The van der Waals surface area contributed by atoms with Crippen LogP contribution in [-0.4, -0.2) is 21.7 Å². The second kappa shape index (κ2) is 7.59. The Morgan fingerprint density at radius 3 is 2.40 bits per heavy atom. The number of pyridine rings is 1. The van der Waals surface area contributed by atoms with Gasteiger partial charge in [0.15, 0.2) is 0 Å². The number of amides is 2. The number of rotatable bonds is 4. The number of imide groups is 1. The van der Waals surface area contributed by atoms with Crippen LogP contribution in [0.3, 0.4) is 0 Å². The van der Waals surface area contributed by atoms with Crippen molar-refractivity contribution in [1.29, 1.82) is 0 Å². The predicted molar refractivity (Wildman–Crippen MR) is 112 cm³/mol. The van der Waals surface area contributed by atoms with Crippen LogP contribution in [0.2, 0.25) is 0 Å². The van der Waals surface area contributed by atoms with Gasteiger partial charge in [-0.15, -0.1) is 0 Å². The second-order valence-electron chi connectivity index (χ2n) is 6.60. The van der Waals surface area contributed by atoms with Gasteiger partial charge in [-0.2, -0.15) is 0 Å². The van der Waals surface area contributed by atoms with Gasteiger partial charge in [0.1, 0.15) is 0 Å². The molecule has 0 spiro atoms. The van der Waals surface area contributed by atoms with Gasteiger partial charge in [0, 0.05) is 42.7 Å². The maximum absolute atomic E-state index is 13.3. The van der Waals surface area contributed by atoms with E-state index >= 15 is 0 Å². The quantitative estimate of drug-likeness (QED) is 0.405. The molecule has 0 radical (unpaired) electrons. The average molecular weight is 400 g/mol. The standard InChI is InChI=1S/C22H16N4O4/c1-14(27)25-19-13-17(26(29)30)7-8-18(19)20(22(25)28)21(15-5-3-2-4-6-15)24-16-9-11-23-12-10-16/h2-13H,1H3,(H,23,24)/b21-20-. The monoisotopic (exact) mass is 400 g/mol. The van der Waals surface area contributed by atoms with Gasteiger partial charge in [-0.25, -0.2) is 4.90 Å². The van der Waals surface area contributed by atoms with E-state index in [2.05, 4.69) is 10.3 Å². The van der Waals surface area contributed by atoms with Crippen LogP contribution in [0.5, 0.6) is 0 Å². The Hall–Kier alpha value is -4.33. The molecule has 1 aliphatic heterocycles. The van der Waals surface area contributed by atoms with E-state index in [1.54, 1.807) is 24.5 Å². The zero-order valence-corrected chi connectivity index (χ0v) is 15.9. The summed E-state index contributed by atoms with van der Waals surface area (Å²) in [4.78, 5) is 41.2. The molecule has 8 heteroatoms. The summed E-state index contributed by atoms with van der Waals surface area (Å²) in [6.07, 6.45) is 3.23. The van der Waals surface area contributed by atoms with Crippen molar-refractivity contribution in [1.82, 2.24) is 4.98 Å². The highest BCUT2D eigenvalue weighted by molar-refractivity contribution is 6.43. The molecule has 4 rings (SSSR count). The number of aromatic nitrogens is 1. The van der Waals surface area contributed by atoms with Crippen molar-refractivity contribution in [2.24, 2.45) is 0 Å². The number of hydrogen-bond donors (Lipinski definition) is 1. The minimum Gasteiger partial charge on any atom is -0.354 e. The number of carbonyl (C=O) groups is 2. The summed E-state index contributed by atoms with van der Waals surface area (Å²) in [5, 5.41) is 14.5. The molecule has 0 saturated carbocycles. The van der Waals surface area contributed by atoms with Crippen molar-refractivity contribution >= 4 is 40.1 Å². The van der Waals surface area contributed by atoms with Gasteiger partial charge in [-0.05, 0) is 23.8 Å². The molecule has 0 bridgehead atoms. The number of benzene rings is 2. The average Bonchev–Trinajstić information content (AvgIpc) is 3.04. The lowest BCUT2D eigenvalue weighted by Gasteiger charge is -2.15. The zero-order chi connectivity index (χ0) is 21.3. The molecule has 2 heterocycles. The van der Waals surface area contributed by atoms with Crippen molar-refractivity contribution in [3.8, 4) is 0 Å². The number of carbonyl (C=O) groups excluding carboxylic acids is 2. The molecule has 2 aromatic carbocycles. The highest BCUT2D eigenvalue weighted by Gasteiger charge is 2.38. The number of nitro benzene ring substituents is 1. The topological polar surface area (TPSA) is 105 Å². The molecule has 2 amide bonds. The summed E-state index contributed by atoms with van der Waals surface area (Å²) < 4.78 is 0. The molecule has 0 saturated heterocycles. The first kappa shape index (κ1) is 19.0. The highest BCUT2D eigenvalue weighted by Crippen LogP contribution is 2.42. The molecular weight excluding hydrogens is 384 g/mol. The van der Waals surface area contributed by atoms with Gasteiger partial charge in [-0.1, -0.05) is 30.3 Å². The normalized spacial score (nSPS) is 14.3. The Morgan fingerprint density at radius 1 is 1.07 bits per heavy atom. The fraction of sp³-hybridized carbons (Fsp3) is 0.0455. The first-order valence-corrected chi connectivity index (χ1v) is 9.08. The van der Waals surface area contributed by atoms with Crippen molar-refractivity contribution in [2.75, 3.05) is 10.2 Å². The zero-order valence-electron chi connectivity index (χ0n) is 15.9. The maximum atomic E-state index is 13.3. The predicted octanol–water partition coefficient (Wildman–Crippen LogP) is 3.86. The molecule has 30 heavy (non-hydrogen) atoms. The van der Waals surface area contributed by atoms with Crippen LogP contribution in [0.15, 0.2) is 73.1 Å². The Labute approximate surface area is 171 Å². The van der Waals surface area contributed by atoms with E-state index in [0.717, 1.165) is 10.5 Å². The lowest BCUT2D eigenvalue weighted by atomic mass is 10.00. The molecule has 0 fully saturated rings. The van der Waals surface area contributed by atoms with Crippen molar-refractivity contribution in [2.45, 2.75) is 6.92 Å². The maximum Gasteiger partial charge on any atom is 0.271 e. The first-order chi connectivity index (χ1) is 14.5. The fourth-order valence-electron chi connectivity index (χ4n) is 3.38. The van der Waals surface area contributed by atoms with E-state index < -0.39 is 16.7 Å². The van der Waals surface area contributed by atoms with Crippen molar-refractivity contribution < 1.29 is 14.5 Å². The van der Waals surface area contributed by atoms with Gasteiger partial charge in [0.25, 0.3) is 11.6 Å². The first-order valence-electron chi connectivity index (χ1n) is 9.08. The lowest BCUT2D eigenvalue weighted by Crippen LogP contribution is -2.31. The van der Waals surface area contributed by atoms with Crippen LogP contribution in [-0.2, 0) is 9.59 Å². The number of anilines is 2. The van der Waals surface area contributed by atoms with E-state index in [4.69, 9.17) is 0 Å². The Morgan fingerprint density at radius 2 is 1.77 bits per heavy atom. The molecule has 3 aromatic rings. The van der Waals surface area contributed by atoms with Crippen LogP contribution >= 0.6 is 0 Å². The fourth-order valence-corrected chi connectivity index (χ4v) is 3.38. The summed E-state index contributed by atoms with van der Waals surface area (Å²) >= 11 is 0. The highest BCUT2D eigenvalue weighted by atomic mass is 16.6. The van der Waals surface area contributed by atoms with E-state index in [1.807, 2.05) is 30.3 Å². The number of nitrogens with zero attached hydrogens (tertiary/aromatic N) is 3. The summed E-state index contributed by atoms with van der Waals surface area (Å²) in [6.45, 7) is 1.25. The molecule has 0 unspecified atom stereocenters.